The highest BCUT2D eigenvalue weighted by Gasteiger charge is 2.11. The highest BCUT2D eigenvalue weighted by Crippen LogP contribution is 2.06. The molecule has 0 saturated carbocycles. The number of terminal acetylenes is 1. The minimum atomic E-state index is -0.317. The standard InChI is InChI=1S/C13H14N2/c1-4-13(2,3)15-10-12-7-5-6-11(8-12)9-14/h1,5-8,15H,10H2,2-3H3. The summed E-state index contributed by atoms with van der Waals surface area (Å²) >= 11 is 0. The van der Waals surface area contributed by atoms with Crippen LogP contribution in [-0.4, -0.2) is 5.54 Å². The molecule has 1 rings (SSSR count). The summed E-state index contributed by atoms with van der Waals surface area (Å²) < 4.78 is 0. The fourth-order valence-corrected chi connectivity index (χ4v) is 1.12. The number of benzene rings is 1. The number of nitriles is 1. The van der Waals surface area contributed by atoms with Crippen molar-refractivity contribution in [3.05, 3.63) is 35.4 Å². The summed E-state index contributed by atoms with van der Waals surface area (Å²) in [6.07, 6.45) is 5.36. The second-order valence-electron chi connectivity index (χ2n) is 3.94. The largest absolute Gasteiger partial charge is 0.298 e. The Kier molecular flexibility index (Phi) is 3.50. The van der Waals surface area contributed by atoms with Gasteiger partial charge in [-0.15, -0.1) is 6.42 Å². The van der Waals surface area contributed by atoms with Crippen LogP contribution in [-0.2, 0) is 6.54 Å². The molecule has 1 aromatic carbocycles. The zero-order valence-electron chi connectivity index (χ0n) is 9.04. The lowest BCUT2D eigenvalue weighted by Gasteiger charge is -2.19. The fraction of sp³-hybridized carbons (Fsp3) is 0.308. The van der Waals surface area contributed by atoms with Crippen molar-refractivity contribution in [2.24, 2.45) is 0 Å². The molecule has 0 aromatic heterocycles. The van der Waals surface area contributed by atoms with E-state index in [0.29, 0.717) is 12.1 Å². The summed E-state index contributed by atoms with van der Waals surface area (Å²) in [5, 5.41) is 12.0. The van der Waals surface area contributed by atoms with E-state index in [9.17, 15) is 0 Å². The molecule has 0 spiro atoms. The average molecular weight is 198 g/mol. The van der Waals surface area contributed by atoms with Crippen molar-refractivity contribution >= 4 is 0 Å². The Morgan fingerprint density at radius 2 is 2.20 bits per heavy atom. The van der Waals surface area contributed by atoms with Crippen LogP contribution in [0.2, 0.25) is 0 Å². The monoisotopic (exact) mass is 198 g/mol. The molecule has 0 radical (unpaired) electrons. The van der Waals surface area contributed by atoms with Crippen molar-refractivity contribution < 1.29 is 0 Å². The van der Waals surface area contributed by atoms with E-state index in [2.05, 4.69) is 17.3 Å². The van der Waals surface area contributed by atoms with Gasteiger partial charge in [0.2, 0.25) is 0 Å². The van der Waals surface area contributed by atoms with Crippen LogP contribution in [0.25, 0.3) is 0 Å². The first-order chi connectivity index (χ1) is 7.07. The second-order valence-corrected chi connectivity index (χ2v) is 3.94. The molecule has 15 heavy (non-hydrogen) atoms. The van der Waals surface area contributed by atoms with Crippen LogP contribution < -0.4 is 5.32 Å². The van der Waals surface area contributed by atoms with Gasteiger partial charge in [0.05, 0.1) is 17.2 Å². The van der Waals surface area contributed by atoms with E-state index in [1.807, 2.05) is 32.0 Å². The maximum atomic E-state index is 8.73. The van der Waals surface area contributed by atoms with Gasteiger partial charge >= 0.3 is 0 Å². The first-order valence-electron chi connectivity index (χ1n) is 4.79. The van der Waals surface area contributed by atoms with Gasteiger partial charge in [-0.2, -0.15) is 5.26 Å². The molecule has 0 aliphatic rings. The zero-order valence-corrected chi connectivity index (χ0v) is 9.04. The maximum absolute atomic E-state index is 8.73. The Morgan fingerprint density at radius 3 is 2.80 bits per heavy atom. The molecule has 0 bridgehead atoms. The van der Waals surface area contributed by atoms with E-state index in [1.165, 1.54) is 0 Å². The Morgan fingerprint density at radius 1 is 1.47 bits per heavy atom. The van der Waals surface area contributed by atoms with Gasteiger partial charge in [-0.1, -0.05) is 18.1 Å². The molecule has 2 nitrogen and oxygen atoms in total. The third kappa shape index (κ3) is 3.46. The van der Waals surface area contributed by atoms with E-state index >= 15 is 0 Å². The van der Waals surface area contributed by atoms with Gasteiger partial charge in [0.15, 0.2) is 0 Å². The van der Waals surface area contributed by atoms with E-state index in [4.69, 9.17) is 11.7 Å². The molecular weight excluding hydrogens is 184 g/mol. The summed E-state index contributed by atoms with van der Waals surface area (Å²) in [7, 11) is 0. The summed E-state index contributed by atoms with van der Waals surface area (Å²) in [6.45, 7) is 4.56. The number of rotatable bonds is 3. The van der Waals surface area contributed by atoms with Gasteiger partial charge in [-0.25, -0.2) is 0 Å². The number of hydrogen-bond donors (Lipinski definition) is 1. The lowest BCUT2D eigenvalue weighted by atomic mass is 10.1. The smallest absolute Gasteiger partial charge is 0.0991 e. The number of nitrogens with one attached hydrogen (secondary N) is 1. The van der Waals surface area contributed by atoms with Crippen molar-refractivity contribution in [1.29, 1.82) is 5.26 Å². The lowest BCUT2D eigenvalue weighted by molar-refractivity contribution is 0.491. The quantitative estimate of drug-likeness (QED) is 0.755. The van der Waals surface area contributed by atoms with Crippen LogP contribution in [0.4, 0.5) is 0 Å². The van der Waals surface area contributed by atoms with Crippen molar-refractivity contribution in [3.63, 3.8) is 0 Å². The molecule has 2 heteroatoms. The van der Waals surface area contributed by atoms with Gasteiger partial charge in [0, 0.05) is 6.54 Å². The molecule has 0 fully saturated rings. The first kappa shape index (κ1) is 11.3. The summed E-state index contributed by atoms with van der Waals surface area (Å²) in [4.78, 5) is 0. The molecule has 0 aliphatic carbocycles. The third-order valence-corrected chi connectivity index (χ3v) is 2.15. The third-order valence-electron chi connectivity index (χ3n) is 2.15. The Balaban J connectivity index is 2.67. The predicted molar refractivity (Wildman–Crippen MR) is 60.9 cm³/mol. The summed E-state index contributed by atoms with van der Waals surface area (Å²) in [6, 6.07) is 9.60. The average Bonchev–Trinajstić information content (AvgIpc) is 2.27. The number of nitrogens with zero attached hydrogens (tertiary/aromatic N) is 1. The van der Waals surface area contributed by atoms with Crippen LogP contribution in [0, 0.1) is 23.7 Å². The van der Waals surface area contributed by atoms with Gasteiger partial charge in [-0.3, -0.25) is 5.32 Å². The zero-order chi connectivity index (χ0) is 11.3. The molecule has 0 heterocycles. The Labute approximate surface area is 90.9 Å². The van der Waals surface area contributed by atoms with Gasteiger partial charge < -0.3 is 0 Å². The van der Waals surface area contributed by atoms with E-state index in [-0.39, 0.29) is 5.54 Å². The van der Waals surface area contributed by atoms with Crippen molar-refractivity contribution in [3.8, 4) is 18.4 Å². The summed E-state index contributed by atoms with van der Waals surface area (Å²) in [5.41, 5.74) is 1.42. The van der Waals surface area contributed by atoms with E-state index < -0.39 is 0 Å². The second kappa shape index (κ2) is 4.64. The SMILES string of the molecule is C#CC(C)(C)NCc1cccc(C#N)c1. The molecule has 1 N–H and O–H groups in total. The predicted octanol–water partition coefficient (Wildman–Crippen LogP) is 2.06. The molecule has 0 aliphatic heterocycles. The first-order valence-corrected chi connectivity index (χ1v) is 4.79. The molecule has 76 valence electrons. The number of hydrogen-bond acceptors (Lipinski definition) is 2. The molecule has 0 unspecified atom stereocenters. The minimum Gasteiger partial charge on any atom is -0.298 e. The van der Waals surface area contributed by atoms with E-state index in [0.717, 1.165) is 5.56 Å². The van der Waals surface area contributed by atoms with Gasteiger partial charge in [0.25, 0.3) is 0 Å². The van der Waals surface area contributed by atoms with Crippen LogP contribution in [0.15, 0.2) is 24.3 Å². The highest BCUT2D eigenvalue weighted by molar-refractivity contribution is 5.32. The minimum absolute atomic E-state index is 0.317. The van der Waals surface area contributed by atoms with Crippen molar-refractivity contribution in [1.82, 2.24) is 5.32 Å². The topological polar surface area (TPSA) is 35.8 Å². The Bertz CT molecular complexity index is 419. The molecule has 1 aromatic rings. The van der Waals surface area contributed by atoms with Crippen LogP contribution in [0.5, 0.6) is 0 Å². The van der Waals surface area contributed by atoms with Crippen molar-refractivity contribution in [2.75, 3.05) is 0 Å². The van der Waals surface area contributed by atoms with Gasteiger partial charge in [-0.05, 0) is 31.5 Å². The molecular formula is C13H14N2. The maximum Gasteiger partial charge on any atom is 0.0991 e. The normalized spacial score (nSPS) is 10.4. The van der Waals surface area contributed by atoms with Crippen LogP contribution in [0.3, 0.4) is 0 Å². The fourth-order valence-electron chi connectivity index (χ4n) is 1.12. The molecule has 0 saturated heterocycles. The van der Waals surface area contributed by atoms with Crippen LogP contribution >= 0.6 is 0 Å². The Hall–Kier alpha value is -1.77. The molecule has 0 amide bonds. The molecule has 0 atom stereocenters. The highest BCUT2D eigenvalue weighted by atomic mass is 14.9. The van der Waals surface area contributed by atoms with Crippen molar-refractivity contribution in [2.45, 2.75) is 25.9 Å². The van der Waals surface area contributed by atoms with Crippen LogP contribution in [0.1, 0.15) is 25.0 Å². The summed E-state index contributed by atoms with van der Waals surface area (Å²) in [5.74, 6) is 2.66. The van der Waals surface area contributed by atoms with E-state index in [1.54, 1.807) is 6.07 Å². The van der Waals surface area contributed by atoms with Gasteiger partial charge in [0.1, 0.15) is 0 Å². The lowest BCUT2D eigenvalue weighted by Crippen LogP contribution is -2.36.